The maximum absolute atomic E-state index is 11.6. The first-order chi connectivity index (χ1) is 11.9. The second-order valence-electron chi connectivity index (χ2n) is 4.29. The lowest BCUT2D eigenvalue weighted by atomic mass is 9.83. The molecule has 0 spiro atoms. The summed E-state index contributed by atoms with van der Waals surface area (Å²) in [5.41, 5.74) is -1.65. The first kappa shape index (κ1) is 7.98. The molecule has 98 valence electrons. The van der Waals surface area contributed by atoms with E-state index in [9.17, 15) is 5.11 Å². The number of hydrogen-bond acceptors (Lipinski definition) is 2. The van der Waals surface area contributed by atoms with Crippen LogP contribution >= 0.6 is 0 Å². The van der Waals surface area contributed by atoms with Gasteiger partial charge >= 0.3 is 0 Å². The average Bonchev–Trinajstić information content (AvgIpc) is 2.66. The Labute approximate surface area is 125 Å². The Hall–Kier alpha value is -2.45. The Balaban J connectivity index is 2.44. The van der Waals surface area contributed by atoms with Crippen LogP contribution in [0.25, 0.3) is 0 Å². The summed E-state index contributed by atoms with van der Waals surface area (Å²) in [6, 6.07) is 11.0. The molecule has 0 saturated heterocycles. The standard InChI is InChI=1S/C18H15NO/c20-18(15-9-3-1-4-10-15,16-11-5-2-6-12-16)17-13-7-8-14-19-17/h1-14,20H/i1D,3D,4D,9D,10D. The first-order valence-corrected chi connectivity index (χ1v) is 6.15. The summed E-state index contributed by atoms with van der Waals surface area (Å²) in [4.78, 5) is 4.18. The van der Waals surface area contributed by atoms with Gasteiger partial charge in [0, 0.05) is 6.20 Å². The van der Waals surface area contributed by atoms with Crippen molar-refractivity contribution in [2.24, 2.45) is 0 Å². The fourth-order valence-electron chi connectivity index (χ4n) is 2.11. The van der Waals surface area contributed by atoms with Crippen molar-refractivity contribution >= 4 is 0 Å². The fraction of sp³-hybridized carbons (Fsp3) is 0.0556. The zero-order valence-corrected chi connectivity index (χ0v) is 10.6. The Morgan fingerprint density at radius 1 is 0.850 bits per heavy atom. The van der Waals surface area contributed by atoms with Crippen LogP contribution in [0.3, 0.4) is 0 Å². The molecule has 1 aromatic heterocycles. The summed E-state index contributed by atoms with van der Waals surface area (Å²) >= 11 is 0. The molecule has 1 atom stereocenters. The Kier molecular flexibility index (Phi) is 2.10. The van der Waals surface area contributed by atoms with Crippen LogP contribution in [0.4, 0.5) is 0 Å². The molecule has 3 rings (SSSR count). The van der Waals surface area contributed by atoms with E-state index in [2.05, 4.69) is 4.98 Å². The summed E-state index contributed by atoms with van der Waals surface area (Å²) < 4.78 is 40.0. The lowest BCUT2D eigenvalue weighted by molar-refractivity contribution is 0.121. The quantitative estimate of drug-likeness (QED) is 0.788. The average molecular weight is 266 g/mol. The second kappa shape index (κ2) is 5.27. The van der Waals surface area contributed by atoms with Gasteiger partial charge in [-0.2, -0.15) is 0 Å². The maximum Gasteiger partial charge on any atom is 0.157 e. The lowest BCUT2D eigenvalue weighted by Crippen LogP contribution is -2.29. The molecule has 1 unspecified atom stereocenters. The predicted molar refractivity (Wildman–Crippen MR) is 79.2 cm³/mol. The highest BCUT2D eigenvalue weighted by atomic mass is 16.3. The summed E-state index contributed by atoms with van der Waals surface area (Å²) in [5, 5.41) is 11.6. The van der Waals surface area contributed by atoms with Crippen LogP contribution in [0.1, 0.15) is 23.7 Å². The highest BCUT2D eigenvalue weighted by Crippen LogP contribution is 2.34. The molecule has 0 bridgehead atoms. The molecule has 2 aromatic carbocycles. The number of benzene rings is 2. The zero-order chi connectivity index (χ0) is 18.2. The minimum Gasteiger partial charge on any atom is -0.374 e. The van der Waals surface area contributed by atoms with Crippen LogP contribution in [0.2, 0.25) is 0 Å². The van der Waals surface area contributed by atoms with Gasteiger partial charge in [0.15, 0.2) is 5.60 Å². The van der Waals surface area contributed by atoms with E-state index in [4.69, 9.17) is 6.85 Å². The third-order valence-corrected chi connectivity index (χ3v) is 3.09. The first-order valence-electron chi connectivity index (χ1n) is 8.65. The third kappa shape index (κ3) is 2.10. The molecule has 2 heteroatoms. The number of aromatic nitrogens is 1. The molecule has 0 saturated carbocycles. The van der Waals surface area contributed by atoms with E-state index >= 15 is 0 Å². The molecule has 0 aliphatic carbocycles. The normalized spacial score (nSPS) is 17.1. The van der Waals surface area contributed by atoms with Crippen LogP contribution in [0, 0.1) is 0 Å². The van der Waals surface area contributed by atoms with E-state index in [1.807, 2.05) is 0 Å². The SMILES string of the molecule is [2H]c1c([2H])c([2H])c(C(O)(c2ccccc2)c2ccccn2)c([2H])c1[2H]. The molecule has 2 nitrogen and oxygen atoms in total. The number of pyridine rings is 1. The van der Waals surface area contributed by atoms with E-state index in [0.29, 0.717) is 5.56 Å². The van der Waals surface area contributed by atoms with Crippen molar-refractivity contribution in [3.63, 3.8) is 0 Å². The minimum absolute atomic E-state index is 0.180. The van der Waals surface area contributed by atoms with Gasteiger partial charge in [0.05, 0.1) is 12.5 Å². The number of aliphatic hydroxyl groups is 1. The van der Waals surface area contributed by atoms with E-state index in [1.165, 1.54) is 6.20 Å². The minimum atomic E-state index is -1.98. The topological polar surface area (TPSA) is 33.1 Å². The molecule has 0 amide bonds. The molecule has 1 heterocycles. The Bertz CT molecular complexity index is 847. The van der Waals surface area contributed by atoms with Crippen molar-refractivity contribution in [2.45, 2.75) is 5.60 Å². The molecule has 20 heavy (non-hydrogen) atoms. The number of hydrogen-bond donors (Lipinski definition) is 1. The van der Waals surface area contributed by atoms with Crippen LogP contribution in [-0.2, 0) is 5.60 Å². The van der Waals surface area contributed by atoms with Gasteiger partial charge < -0.3 is 5.11 Å². The van der Waals surface area contributed by atoms with Gasteiger partial charge in [0.1, 0.15) is 0 Å². The fourth-order valence-corrected chi connectivity index (χ4v) is 2.11. The predicted octanol–water partition coefficient (Wildman–Crippen LogP) is 3.37. The van der Waals surface area contributed by atoms with E-state index in [-0.39, 0.29) is 11.3 Å². The smallest absolute Gasteiger partial charge is 0.157 e. The molecule has 3 aromatic rings. The summed E-state index contributed by atoms with van der Waals surface area (Å²) in [6.07, 6.45) is 1.48. The monoisotopic (exact) mass is 266 g/mol. The molecule has 0 aliphatic heterocycles. The number of rotatable bonds is 3. The summed E-state index contributed by atoms with van der Waals surface area (Å²) in [6.45, 7) is 0. The van der Waals surface area contributed by atoms with Gasteiger partial charge in [-0.1, -0.05) is 66.6 Å². The van der Waals surface area contributed by atoms with Gasteiger partial charge in [-0.15, -0.1) is 0 Å². The molecule has 0 fully saturated rings. The van der Waals surface area contributed by atoms with Crippen molar-refractivity contribution < 1.29 is 12.0 Å². The van der Waals surface area contributed by atoms with Crippen molar-refractivity contribution in [3.8, 4) is 0 Å². The lowest BCUT2D eigenvalue weighted by Gasteiger charge is -2.28. The van der Waals surface area contributed by atoms with Crippen LogP contribution in [0.15, 0.2) is 84.9 Å². The van der Waals surface area contributed by atoms with Crippen LogP contribution in [-0.4, -0.2) is 10.1 Å². The van der Waals surface area contributed by atoms with Crippen LogP contribution < -0.4 is 0 Å². The maximum atomic E-state index is 11.6. The van der Waals surface area contributed by atoms with E-state index in [1.54, 1.807) is 48.5 Å². The van der Waals surface area contributed by atoms with Crippen molar-refractivity contribution in [3.05, 3.63) is 102 Å². The molecule has 0 aliphatic rings. The van der Waals surface area contributed by atoms with Gasteiger partial charge in [0.2, 0.25) is 0 Å². The second-order valence-corrected chi connectivity index (χ2v) is 4.29. The highest BCUT2D eigenvalue weighted by Gasteiger charge is 2.34. The van der Waals surface area contributed by atoms with Gasteiger partial charge in [-0.05, 0) is 23.3 Å². The summed E-state index contributed by atoms with van der Waals surface area (Å²) in [5.74, 6) is 0. The molecular weight excluding hydrogens is 246 g/mol. The molecular formula is C18H15NO. The van der Waals surface area contributed by atoms with Crippen molar-refractivity contribution in [1.29, 1.82) is 0 Å². The molecule has 1 N–H and O–H groups in total. The largest absolute Gasteiger partial charge is 0.374 e. The Morgan fingerprint density at radius 3 is 2.20 bits per heavy atom. The van der Waals surface area contributed by atoms with Gasteiger partial charge in [-0.25, -0.2) is 0 Å². The Morgan fingerprint density at radius 2 is 1.55 bits per heavy atom. The molecule has 0 radical (unpaired) electrons. The summed E-state index contributed by atoms with van der Waals surface area (Å²) in [7, 11) is 0. The van der Waals surface area contributed by atoms with E-state index < -0.39 is 35.8 Å². The number of nitrogens with zero attached hydrogens (tertiary/aromatic N) is 1. The zero-order valence-electron chi connectivity index (χ0n) is 15.6. The van der Waals surface area contributed by atoms with Gasteiger partial charge in [-0.3, -0.25) is 4.98 Å². The third-order valence-electron chi connectivity index (χ3n) is 3.09. The van der Waals surface area contributed by atoms with Crippen LogP contribution in [0.5, 0.6) is 0 Å². The van der Waals surface area contributed by atoms with Crippen molar-refractivity contribution in [1.82, 2.24) is 4.98 Å². The van der Waals surface area contributed by atoms with Gasteiger partial charge in [0.25, 0.3) is 0 Å². The van der Waals surface area contributed by atoms with E-state index in [0.717, 1.165) is 0 Å². The highest BCUT2D eigenvalue weighted by molar-refractivity contribution is 5.44. The van der Waals surface area contributed by atoms with Crippen molar-refractivity contribution in [2.75, 3.05) is 0 Å².